The second kappa shape index (κ2) is 19.6. The first-order valence-corrected chi connectivity index (χ1v) is 21.3. The Morgan fingerprint density at radius 3 is 2.52 bits per heavy atom. The van der Waals surface area contributed by atoms with Gasteiger partial charge in [-0.3, -0.25) is 4.84 Å². The fraction of sp³-hybridized carbons (Fsp3) is 0.378. The van der Waals surface area contributed by atoms with Gasteiger partial charge in [-0.2, -0.15) is 28.3 Å². The van der Waals surface area contributed by atoms with Crippen molar-refractivity contribution in [3.05, 3.63) is 136 Å². The number of benzene rings is 4. The van der Waals surface area contributed by atoms with Crippen LogP contribution >= 0.6 is 11.8 Å². The summed E-state index contributed by atoms with van der Waals surface area (Å²) in [6, 6.07) is 21.7. The summed E-state index contributed by atoms with van der Waals surface area (Å²) in [7, 11) is 5.05. The Labute approximate surface area is 366 Å². The number of nitrogens with two attached hydrogens (primary N) is 1. The zero-order valence-corrected chi connectivity index (χ0v) is 35.8. The number of carbonyl (C=O) groups is 2. The molecule has 3 heterocycles. The van der Waals surface area contributed by atoms with Crippen molar-refractivity contribution < 1.29 is 41.1 Å². The van der Waals surface area contributed by atoms with Crippen LogP contribution in [0.15, 0.2) is 101 Å². The molecule has 0 aliphatic carbocycles. The van der Waals surface area contributed by atoms with Gasteiger partial charge in [-0.15, -0.1) is 0 Å². The average molecular weight is 893 g/mol. The van der Waals surface area contributed by atoms with Crippen molar-refractivity contribution in [2.24, 2.45) is 21.7 Å². The van der Waals surface area contributed by atoms with E-state index in [4.69, 9.17) is 15.3 Å². The molecule has 4 aromatic rings. The van der Waals surface area contributed by atoms with Crippen molar-refractivity contribution in [1.82, 2.24) is 20.3 Å². The molecule has 0 bridgehead atoms. The van der Waals surface area contributed by atoms with Crippen LogP contribution in [-0.2, 0) is 27.2 Å². The first kappa shape index (κ1) is 45.6. The van der Waals surface area contributed by atoms with E-state index in [1.54, 1.807) is 0 Å². The molecule has 0 radical (unpaired) electrons. The Morgan fingerprint density at radius 2 is 1.83 bits per heavy atom. The Morgan fingerprint density at radius 1 is 1.06 bits per heavy atom. The fourth-order valence-corrected chi connectivity index (χ4v) is 9.56. The highest BCUT2D eigenvalue weighted by atomic mass is 32.2. The largest absolute Gasteiger partial charge is 0.416 e. The topological polar surface area (TPSA) is 137 Å². The molecule has 1 fully saturated rings. The third-order valence-corrected chi connectivity index (χ3v) is 12.7. The van der Waals surface area contributed by atoms with Crippen molar-refractivity contribution in [1.29, 1.82) is 0 Å². The van der Waals surface area contributed by atoms with Crippen molar-refractivity contribution in [2.75, 3.05) is 46.2 Å². The van der Waals surface area contributed by atoms with Crippen LogP contribution in [0.2, 0.25) is 0 Å². The van der Waals surface area contributed by atoms with Gasteiger partial charge in [-0.1, -0.05) is 66.4 Å². The minimum Gasteiger partial charge on any atom is -0.378 e. The lowest BCUT2D eigenvalue weighted by molar-refractivity contribution is -0.138. The molecule has 4 N–H and O–H groups in total. The third-order valence-electron chi connectivity index (χ3n) is 11.3. The number of hydrazone groups is 1. The Hall–Kier alpha value is -5.40. The minimum absolute atomic E-state index is 0.0272. The summed E-state index contributed by atoms with van der Waals surface area (Å²) in [6.45, 7) is 0.896. The predicted molar refractivity (Wildman–Crippen MR) is 232 cm³/mol. The van der Waals surface area contributed by atoms with Crippen molar-refractivity contribution >= 4 is 40.8 Å². The monoisotopic (exact) mass is 892 g/mol. The number of thioether (sulfide) groups is 1. The van der Waals surface area contributed by atoms with E-state index in [2.05, 4.69) is 20.7 Å². The van der Waals surface area contributed by atoms with Gasteiger partial charge in [-0.25, -0.2) is 23.4 Å². The number of ether oxygens (including phenoxy) is 1. The lowest BCUT2D eigenvalue weighted by Crippen LogP contribution is -2.48. The molecule has 3 aliphatic rings. The molecule has 1 saturated heterocycles. The van der Waals surface area contributed by atoms with Gasteiger partial charge in [0.2, 0.25) is 0 Å². The number of nitrogens with zero attached hydrogens (tertiary/aromatic N) is 5. The summed E-state index contributed by atoms with van der Waals surface area (Å²) in [5.41, 5.74) is 8.22. The normalized spacial score (nSPS) is 22.1. The smallest absolute Gasteiger partial charge is 0.378 e. The molecule has 4 aromatic carbocycles. The lowest BCUT2D eigenvalue weighted by Gasteiger charge is -2.46. The number of amides is 4. The summed E-state index contributed by atoms with van der Waals surface area (Å²) in [5.74, 6) is -1.62. The number of halogens is 5. The van der Waals surface area contributed by atoms with E-state index in [0.717, 1.165) is 52.7 Å². The van der Waals surface area contributed by atoms with Crippen LogP contribution in [0.3, 0.4) is 0 Å². The molecule has 63 heavy (non-hydrogen) atoms. The second-order valence-corrected chi connectivity index (χ2v) is 17.1. The number of carbonyl (C=O) groups excluding carboxylic acids is 2. The van der Waals surface area contributed by atoms with Crippen LogP contribution in [-0.4, -0.2) is 85.2 Å². The number of nitrogens with one attached hydrogen (secondary N) is 2. The molecule has 12 nitrogen and oxygen atoms in total. The van der Waals surface area contributed by atoms with Crippen LogP contribution in [0, 0.1) is 17.6 Å². The van der Waals surface area contributed by atoms with E-state index in [-0.39, 0.29) is 35.7 Å². The van der Waals surface area contributed by atoms with Crippen LogP contribution in [0.1, 0.15) is 71.2 Å². The molecule has 18 heteroatoms. The first-order chi connectivity index (χ1) is 30.2. The summed E-state index contributed by atoms with van der Waals surface area (Å²) in [5, 5.41) is 13.4. The molecule has 334 valence electrons. The number of alkyl halides is 3. The number of aliphatic imine (C=N–C) groups is 1. The average Bonchev–Trinajstić information content (AvgIpc) is 3.67. The van der Waals surface area contributed by atoms with Crippen molar-refractivity contribution in [3.8, 4) is 0 Å². The number of rotatable bonds is 13. The molecule has 7 rings (SSSR count). The Bertz CT molecular complexity index is 2320. The summed E-state index contributed by atoms with van der Waals surface area (Å²) in [4.78, 5) is 37.2. The van der Waals surface area contributed by atoms with E-state index in [1.807, 2.05) is 73.6 Å². The molecule has 5 atom stereocenters. The van der Waals surface area contributed by atoms with Gasteiger partial charge in [0.05, 0.1) is 37.5 Å². The maximum absolute atomic E-state index is 15.2. The van der Waals surface area contributed by atoms with E-state index < -0.39 is 52.5 Å². The lowest BCUT2D eigenvalue weighted by atomic mass is 9.76. The minimum atomic E-state index is -4.56. The number of hydroxylamine groups is 2. The van der Waals surface area contributed by atoms with Gasteiger partial charge >= 0.3 is 18.2 Å². The van der Waals surface area contributed by atoms with Gasteiger partial charge in [-0.05, 0) is 99.4 Å². The van der Waals surface area contributed by atoms with Gasteiger partial charge in [0, 0.05) is 42.0 Å². The standard InChI is InChI=1S/C45H49F5N8O4S/c1-56(2)23-22-52-42(59)53-26-33-16-17-34-39(54-38-19-14-31(45(48,49)50)24-36(38)40(34)62-33)29-12-10-28(11-13-29)27-57(61-3)43(60)58-44(20-7-21-51,30-8-5-4-6-9-30)63-41(55-58)35-25-32(46)15-18-37(35)47/h4-6,8-15,18-19,22,24-25,33-34,39-40,54H,7,16-17,20-21,23,26-27,51H2,1-3H3,(H,53,59). The molecule has 0 spiro atoms. The molecule has 3 aliphatic heterocycles. The molecular formula is C45H49F5N8O4S. The van der Waals surface area contributed by atoms with Gasteiger partial charge in [0.1, 0.15) is 21.5 Å². The summed E-state index contributed by atoms with van der Waals surface area (Å²) < 4.78 is 78.0. The Balaban J connectivity index is 1.13. The zero-order chi connectivity index (χ0) is 44.9. The number of hydrogen-bond donors (Lipinski definition) is 3. The van der Waals surface area contributed by atoms with Gasteiger partial charge in [0.25, 0.3) is 0 Å². The second-order valence-electron chi connectivity index (χ2n) is 15.8. The molecule has 0 aromatic heterocycles. The number of hydrogen-bond acceptors (Lipinski definition) is 9. The molecule has 0 saturated carbocycles. The number of urea groups is 2. The predicted octanol–water partition coefficient (Wildman–Crippen LogP) is 8.81. The van der Waals surface area contributed by atoms with Crippen LogP contribution < -0.4 is 16.4 Å². The molecule has 4 amide bonds. The highest BCUT2D eigenvalue weighted by Gasteiger charge is 2.50. The number of fused-ring (bicyclic) bond motifs is 3. The number of anilines is 1. The van der Waals surface area contributed by atoms with E-state index in [1.165, 1.54) is 24.4 Å². The van der Waals surface area contributed by atoms with Gasteiger partial charge < -0.3 is 26.0 Å². The molecular weight excluding hydrogens is 844 g/mol. The van der Waals surface area contributed by atoms with Crippen LogP contribution in [0.5, 0.6) is 0 Å². The zero-order valence-electron chi connectivity index (χ0n) is 34.9. The van der Waals surface area contributed by atoms with Crippen molar-refractivity contribution in [2.45, 2.75) is 61.5 Å². The van der Waals surface area contributed by atoms with E-state index >= 15 is 4.39 Å². The first-order valence-electron chi connectivity index (χ1n) is 20.5. The van der Waals surface area contributed by atoms with Gasteiger partial charge in [0.15, 0.2) is 0 Å². The van der Waals surface area contributed by atoms with E-state index in [0.29, 0.717) is 61.2 Å². The highest BCUT2D eigenvalue weighted by Crippen LogP contribution is 2.53. The Kier molecular flexibility index (Phi) is 14.2. The maximum atomic E-state index is 15.2. The third kappa shape index (κ3) is 10.2. The van der Waals surface area contributed by atoms with Crippen LogP contribution in [0.25, 0.3) is 0 Å². The van der Waals surface area contributed by atoms with Crippen LogP contribution in [0.4, 0.5) is 37.2 Å². The highest BCUT2D eigenvalue weighted by molar-refractivity contribution is 8.15. The maximum Gasteiger partial charge on any atom is 0.416 e. The van der Waals surface area contributed by atoms with E-state index in [9.17, 15) is 27.2 Å². The molecule has 5 unspecified atom stereocenters. The summed E-state index contributed by atoms with van der Waals surface area (Å²) >= 11 is 1.14. The van der Waals surface area contributed by atoms with Crippen molar-refractivity contribution in [3.63, 3.8) is 0 Å². The summed E-state index contributed by atoms with van der Waals surface area (Å²) in [6.07, 6.45) is -2.30. The quantitative estimate of drug-likeness (QED) is 0.0689. The fourth-order valence-electron chi connectivity index (χ4n) is 8.14. The SMILES string of the molecule is CON(Cc1ccc(C2Nc3ccc(C(F)(F)F)cc3C3OC(CNC(=O)N=CCN(C)C)CCC23)cc1)C(=O)N1N=C(c2cc(F)ccc2F)SC1(CCCN)c1ccccc1.